The summed E-state index contributed by atoms with van der Waals surface area (Å²) in [6.07, 6.45) is 1.86. The minimum Gasteiger partial charge on any atom is -0.441 e. The summed E-state index contributed by atoms with van der Waals surface area (Å²) in [7, 11) is -3.74. The molecule has 1 aliphatic carbocycles. The number of amides is 1. The quantitative estimate of drug-likeness (QED) is 0.663. The van der Waals surface area contributed by atoms with Gasteiger partial charge in [-0.3, -0.25) is 9.62 Å². The molecule has 8 heteroatoms. The van der Waals surface area contributed by atoms with E-state index in [9.17, 15) is 17.6 Å². The summed E-state index contributed by atoms with van der Waals surface area (Å²) < 4.78 is 47.5. The molecule has 1 aliphatic heterocycles. The van der Waals surface area contributed by atoms with Crippen molar-refractivity contribution in [1.29, 1.82) is 0 Å². The second-order valence-electron chi connectivity index (χ2n) is 7.94. The van der Waals surface area contributed by atoms with E-state index in [4.69, 9.17) is 4.74 Å². The van der Waals surface area contributed by atoms with Crippen LogP contribution in [-0.2, 0) is 20.5 Å². The Morgan fingerprint density at radius 3 is 2.60 bits per heavy atom. The van der Waals surface area contributed by atoms with Gasteiger partial charge in [-0.05, 0) is 67.5 Å². The molecule has 0 radical (unpaired) electrons. The van der Waals surface area contributed by atoms with Crippen LogP contribution in [0.1, 0.15) is 61.8 Å². The van der Waals surface area contributed by atoms with Crippen molar-refractivity contribution in [2.24, 2.45) is 0 Å². The number of anilines is 2. The molecule has 1 fully saturated rings. The SMILES string of the molecule is CCCN1C(=O)OC(C)c2cc(NS(=O)(=O)Cc3ccc(C4CC4)c(F)c3)ccc21. The average Bonchev–Trinajstić information content (AvgIpc) is 3.50. The number of halogens is 1. The smallest absolute Gasteiger partial charge is 0.414 e. The van der Waals surface area contributed by atoms with Gasteiger partial charge >= 0.3 is 6.09 Å². The first kappa shape index (κ1) is 20.7. The molecule has 0 saturated heterocycles. The zero-order valence-corrected chi connectivity index (χ0v) is 17.8. The molecule has 1 N–H and O–H groups in total. The molecule has 160 valence electrons. The van der Waals surface area contributed by atoms with Crippen LogP contribution < -0.4 is 9.62 Å². The fraction of sp³-hybridized carbons (Fsp3) is 0.409. The van der Waals surface area contributed by atoms with Crippen LogP contribution in [0.4, 0.5) is 20.6 Å². The number of ether oxygens (including phenoxy) is 1. The Morgan fingerprint density at radius 2 is 1.93 bits per heavy atom. The predicted molar refractivity (Wildman–Crippen MR) is 114 cm³/mol. The van der Waals surface area contributed by atoms with E-state index >= 15 is 0 Å². The highest BCUT2D eigenvalue weighted by Gasteiger charge is 2.30. The number of rotatable bonds is 7. The van der Waals surface area contributed by atoms with Gasteiger partial charge in [0.25, 0.3) is 0 Å². The molecule has 1 heterocycles. The van der Waals surface area contributed by atoms with Crippen LogP contribution in [0.5, 0.6) is 0 Å². The zero-order valence-electron chi connectivity index (χ0n) is 17.0. The number of hydrogen-bond donors (Lipinski definition) is 1. The maximum Gasteiger partial charge on any atom is 0.414 e. The van der Waals surface area contributed by atoms with E-state index in [2.05, 4.69) is 4.72 Å². The number of benzene rings is 2. The van der Waals surface area contributed by atoms with Crippen LogP contribution >= 0.6 is 0 Å². The van der Waals surface area contributed by atoms with E-state index in [1.54, 1.807) is 42.2 Å². The lowest BCUT2D eigenvalue weighted by Gasteiger charge is -2.32. The van der Waals surface area contributed by atoms with Crippen molar-refractivity contribution in [2.45, 2.75) is 50.9 Å². The minimum absolute atomic E-state index is 0.271. The van der Waals surface area contributed by atoms with E-state index in [-0.39, 0.29) is 17.5 Å². The third-order valence-electron chi connectivity index (χ3n) is 5.41. The topological polar surface area (TPSA) is 75.7 Å². The number of nitrogens with zero attached hydrogens (tertiary/aromatic N) is 1. The molecule has 0 aromatic heterocycles. The molecule has 0 bridgehead atoms. The molecule has 2 aromatic rings. The summed E-state index contributed by atoms with van der Waals surface area (Å²) in [6.45, 7) is 4.24. The molecule has 1 atom stereocenters. The van der Waals surface area contributed by atoms with Gasteiger partial charge in [0.1, 0.15) is 11.9 Å². The van der Waals surface area contributed by atoms with Gasteiger partial charge in [0, 0.05) is 17.8 Å². The average molecular weight is 433 g/mol. The van der Waals surface area contributed by atoms with Gasteiger partial charge in [0.15, 0.2) is 0 Å². The second kappa shape index (κ2) is 7.91. The predicted octanol–water partition coefficient (Wildman–Crippen LogP) is 5.07. The van der Waals surface area contributed by atoms with Crippen molar-refractivity contribution in [2.75, 3.05) is 16.2 Å². The highest BCUT2D eigenvalue weighted by atomic mass is 32.2. The van der Waals surface area contributed by atoms with Crippen molar-refractivity contribution in [1.82, 2.24) is 0 Å². The van der Waals surface area contributed by atoms with Crippen molar-refractivity contribution in [3.05, 3.63) is 58.9 Å². The van der Waals surface area contributed by atoms with Gasteiger partial charge in [0.2, 0.25) is 10.0 Å². The summed E-state index contributed by atoms with van der Waals surface area (Å²) in [6, 6.07) is 9.71. The summed E-state index contributed by atoms with van der Waals surface area (Å²) >= 11 is 0. The Bertz CT molecular complexity index is 1080. The lowest BCUT2D eigenvalue weighted by atomic mass is 10.0. The van der Waals surface area contributed by atoms with Gasteiger partial charge in [-0.2, -0.15) is 0 Å². The van der Waals surface area contributed by atoms with Crippen LogP contribution in [0.25, 0.3) is 0 Å². The van der Waals surface area contributed by atoms with Crippen molar-refractivity contribution in [3.8, 4) is 0 Å². The zero-order chi connectivity index (χ0) is 21.5. The summed E-state index contributed by atoms with van der Waals surface area (Å²) in [5.74, 6) is -0.392. The number of nitrogens with one attached hydrogen (secondary N) is 1. The summed E-state index contributed by atoms with van der Waals surface area (Å²) in [4.78, 5) is 13.7. The molecular weight excluding hydrogens is 407 g/mol. The second-order valence-corrected chi connectivity index (χ2v) is 9.66. The Balaban J connectivity index is 1.53. The van der Waals surface area contributed by atoms with E-state index < -0.39 is 22.2 Å². The minimum atomic E-state index is -3.74. The standard InChI is InChI=1S/C22H25FN2O4S/c1-3-10-25-21-9-7-17(12-19(21)14(2)29-22(25)26)24-30(27,28)13-15-4-8-18(16-5-6-16)20(23)11-15/h4,7-9,11-12,14,16,24H,3,5-6,10,13H2,1-2H3. The molecule has 2 aliphatic rings. The van der Waals surface area contributed by atoms with Gasteiger partial charge in [-0.25, -0.2) is 17.6 Å². The molecule has 0 spiro atoms. The lowest BCUT2D eigenvalue weighted by Crippen LogP contribution is -2.37. The van der Waals surface area contributed by atoms with Crippen LogP contribution in [0, 0.1) is 5.82 Å². The number of carbonyl (C=O) groups excluding carboxylic acids is 1. The molecular formula is C22H25FN2O4S. The molecule has 2 aromatic carbocycles. The molecule has 1 amide bonds. The summed E-state index contributed by atoms with van der Waals surface area (Å²) in [5, 5.41) is 0. The van der Waals surface area contributed by atoms with E-state index in [1.165, 1.54) is 6.07 Å². The van der Waals surface area contributed by atoms with Crippen molar-refractivity contribution < 1.29 is 22.3 Å². The third kappa shape index (κ3) is 4.28. The van der Waals surface area contributed by atoms with Crippen molar-refractivity contribution >= 4 is 27.5 Å². The number of fused-ring (bicyclic) bond motifs is 1. The van der Waals surface area contributed by atoms with Crippen molar-refractivity contribution in [3.63, 3.8) is 0 Å². The van der Waals surface area contributed by atoms with Crippen LogP contribution in [-0.4, -0.2) is 21.1 Å². The fourth-order valence-electron chi connectivity index (χ4n) is 3.82. The Kier molecular flexibility index (Phi) is 5.44. The number of cyclic esters (lactones) is 1. The van der Waals surface area contributed by atoms with Crippen LogP contribution in [0.3, 0.4) is 0 Å². The lowest BCUT2D eigenvalue weighted by molar-refractivity contribution is 0.108. The first-order chi connectivity index (χ1) is 14.3. The Hall–Kier alpha value is -2.61. The number of carbonyl (C=O) groups is 1. The molecule has 1 unspecified atom stereocenters. The number of sulfonamides is 1. The third-order valence-corrected chi connectivity index (χ3v) is 6.67. The van der Waals surface area contributed by atoms with Gasteiger partial charge < -0.3 is 4.74 Å². The number of hydrogen-bond acceptors (Lipinski definition) is 4. The highest BCUT2D eigenvalue weighted by molar-refractivity contribution is 7.91. The summed E-state index contributed by atoms with van der Waals surface area (Å²) in [5.41, 5.74) is 2.91. The molecule has 30 heavy (non-hydrogen) atoms. The van der Waals surface area contributed by atoms with E-state index in [0.717, 1.165) is 30.5 Å². The Morgan fingerprint density at radius 1 is 1.17 bits per heavy atom. The fourth-order valence-corrected chi connectivity index (χ4v) is 5.00. The Labute approximate surface area is 176 Å². The van der Waals surface area contributed by atoms with Gasteiger partial charge in [-0.15, -0.1) is 0 Å². The molecule has 6 nitrogen and oxygen atoms in total. The highest BCUT2D eigenvalue weighted by Crippen LogP contribution is 2.41. The molecule has 4 rings (SSSR count). The van der Waals surface area contributed by atoms with Gasteiger partial charge in [-0.1, -0.05) is 19.1 Å². The first-order valence-electron chi connectivity index (χ1n) is 10.2. The monoisotopic (exact) mass is 432 g/mol. The largest absolute Gasteiger partial charge is 0.441 e. The maximum absolute atomic E-state index is 14.2. The van der Waals surface area contributed by atoms with E-state index in [1.807, 2.05) is 6.92 Å². The van der Waals surface area contributed by atoms with Crippen LogP contribution in [0.15, 0.2) is 36.4 Å². The van der Waals surface area contributed by atoms with E-state index in [0.29, 0.717) is 23.4 Å². The van der Waals surface area contributed by atoms with Crippen LogP contribution in [0.2, 0.25) is 0 Å². The van der Waals surface area contributed by atoms with Gasteiger partial charge in [0.05, 0.1) is 11.4 Å². The maximum atomic E-state index is 14.2. The first-order valence-corrected chi connectivity index (χ1v) is 11.8. The normalized spacial score (nSPS) is 18.7. The molecule has 1 saturated carbocycles.